The molecule has 0 radical (unpaired) electrons. The summed E-state index contributed by atoms with van der Waals surface area (Å²) in [6.45, 7) is 1.30. The van der Waals surface area contributed by atoms with E-state index in [1.807, 2.05) is 0 Å². The van der Waals surface area contributed by atoms with E-state index in [1.165, 1.54) is 6.92 Å². The van der Waals surface area contributed by atoms with Crippen LogP contribution in [0.3, 0.4) is 0 Å². The summed E-state index contributed by atoms with van der Waals surface area (Å²) in [5, 5.41) is 0. The predicted octanol–water partition coefficient (Wildman–Crippen LogP) is 4.45. The Labute approximate surface area is 123 Å². The van der Waals surface area contributed by atoms with E-state index >= 15 is 0 Å². The molecular weight excluding hydrogens is 374 g/mol. The van der Waals surface area contributed by atoms with Crippen molar-refractivity contribution >= 4 is 21.7 Å². The van der Waals surface area contributed by atoms with Crippen molar-refractivity contribution < 1.29 is 40.6 Å². The molecule has 1 aromatic carbocycles. The molecule has 0 fully saturated rings. The number of rotatable bonds is 4. The number of hydrogen-bond donors (Lipinski definition) is 0. The lowest BCUT2D eigenvalue weighted by atomic mass is 10.1. The lowest BCUT2D eigenvalue weighted by molar-refractivity contribution is -0.277. The third-order valence-corrected chi connectivity index (χ3v) is 2.45. The molecule has 0 saturated heterocycles. The van der Waals surface area contributed by atoms with Crippen LogP contribution in [-0.2, 0) is 0 Å². The highest BCUT2D eigenvalue weighted by Crippen LogP contribution is 2.33. The lowest BCUT2D eigenvalue weighted by Crippen LogP contribution is -2.21. The number of alkyl halides is 7. The van der Waals surface area contributed by atoms with E-state index in [-0.39, 0.29) is 0 Å². The van der Waals surface area contributed by atoms with Crippen molar-refractivity contribution in [3.8, 4) is 11.5 Å². The van der Waals surface area contributed by atoms with Gasteiger partial charge in [0.05, 0.1) is 10.4 Å². The van der Waals surface area contributed by atoms with E-state index in [9.17, 15) is 31.1 Å². The average molecular weight is 381 g/mol. The zero-order chi connectivity index (χ0) is 16.4. The zero-order valence-electron chi connectivity index (χ0n) is 10.2. The third-order valence-electron chi connectivity index (χ3n) is 2.04. The first-order chi connectivity index (χ1) is 9.39. The van der Waals surface area contributed by atoms with Gasteiger partial charge in [-0.3, -0.25) is 4.79 Å². The quantitative estimate of drug-likeness (QED) is 0.439. The summed E-state index contributed by atoms with van der Waals surface area (Å²) in [7, 11) is 0. The number of benzene rings is 1. The summed E-state index contributed by atoms with van der Waals surface area (Å²) < 4.78 is 80.0. The highest BCUT2D eigenvalue weighted by atomic mass is 79.9. The van der Waals surface area contributed by atoms with Crippen molar-refractivity contribution in [1.29, 1.82) is 0 Å². The fraction of sp³-hybridized carbons (Fsp3) is 0.364. The Hall–Kier alpha value is -1.45. The van der Waals surface area contributed by atoms with Crippen LogP contribution >= 0.6 is 15.9 Å². The van der Waals surface area contributed by atoms with Crippen LogP contribution in [0, 0.1) is 0 Å². The molecule has 0 aromatic heterocycles. The van der Waals surface area contributed by atoms with Crippen LogP contribution in [0.15, 0.2) is 18.2 Å². The van der Waals surface area contributed by atoms with E-state index in [0.717, 1.165) is 0 Å². The number of halogens is 7. The van der Waals surface area contributed by atoms with Crippen LogP contribution in [0.25, 0.3) is 0 Å². The minimum Gasteiger partial charge on any atom is -0.406 e. The Kier molecular flexibility index (Phi) is 5.13. The van der Waals surface area contributed by atoms with Crippen molar-refractivity contribution in [2.45, 2.75) is 24.5 Å². The van der Waals surface area contributed by atoms with Crippen LogP contribution in [0.1, 0.15) is 17.3 Å². The molecule has 0 amide bonds. The van der Waals surface area contributed by atoms with Gasteiger partial charge < -0.3 is 9.47 Å². The van der Waals surface area contributed by atoms with Gasteiger partial charge in [0.2, 0.25) is 0 Å². The minimum atomic E-state index is -5.09. The van der Waals surface area contributed by atoms with Crippen LogP contribution in [0.5, 0.6) is 11.5 Å². The highest BCUT2D eigenvalue weighted by Gasteiger charge is 2.35. The van der Waals surface area contributed by atoms with Crippen molar-refractivity contribution in [1.82, 2.24) is 0 Å². The second-order valence-electron chi connectivity index (χ2n) is 3.73. The van der Waals surface area contributed by atoms with Crippen molar-refractivity contribution in [3.05, 3.63) is 23.8 Å². The second-order valence-corrected chi connectivity index (χ2v) is 5.11. The molecule has 0 N–H and O–H groups in total. The summed E-state index contributed by atoms with van der Waals surface area (Å²) >= 11 is 2.83. The Morgan fingerprint density at radius 2 is 1.62 bits per heavy atom. The molecule has 0 saturated carbocycles. The molecule has 1 atom stereocenters. The molecular formula is C11H7BrF6O3. The van der Waals surface area contributed by atoms with Crippen LogP contribution in [-0.4, -0.2) is 23.3 Å². The van der Waals surface area contributed by atoms with Crippen LogP contribution in [0.4, 0.5) is 26.3 Å². The van der Waals surface area contributed by atoms with Gasteiger partial charge in [-0.25, -0.2) is 0 Å². The fourth-order valence-electron chi connectivity index (χ4n) is 1.33. The lowest BCUT2D eigenvalue weighted by Gasteiger charge is -2.15. The number of hydrogen-bond acceptors (Lipinski definition) is 3. The number of ether oxygens (including phenoxy) is 2. The van der Waals surface area contributed by atoms with Crippen molar-refractivity contribution in [2.75, 3.05) is 0 Å². The van der Waals surface area contributed by atoms with Gasteiger partial charge in [-0.05, 0) is 25.1 Å². The maximum atomic E-state index is 12.2. The number of ketones is 1. The van der Waals surface area contributed by atoms with E-state index in [0.29, 0.717) is 18.2 Å². The molecule has 0 spiro atoms. The van der Waals surface area contributed by atoms with Crippen molar-refractivity contribution in [2.24, 2.45) is 0 Å². The molecule has 10 heteroatoms. The van der Waals surface area contributed by atoms with Gasteiger partial charge in [0.1, 0.15) is 11.5 Å². The van der Waals surface area contributed by atoms with Gasteiger partial charge in [0, 0.05) is 0 Å². The van der Waals surface area contributed by atoms with Crippen molar-refractivity contribution in [3.63, 3.8) is 0 Å². The van der Waals surface area contributed by atoms with E-state index in [1.54, 1.807) is 0 Å². The van der Waals surface area contributed by atoms with E-state index < -0.39 is 40.4 Å². The molecule has 3 nitrogen and oxygen atoms in total. The predicted molar refractivity (Wildman–Crippen MR) is 62.5 cm³/mol. The Bertz CT molecular complexity index is 524. The highest BCUT2D eigenvalue weighted by molar-refractivity contribution is 9.10. The summed E-state index contributed by atoms with van der Waals surface area (Å²) in [6, 6.07) is 1.73. The summed E-state index contributed by atoms with van der Waals surface area (Å²) in [5.41, 5.74) is -0.682. The van der Waals surface area contributed by atoms with Crippen LogP contribution < -0.4 is 9.47 Å². The molecule has 0 aliphatic heterocycles. The smallest absolute Gasteiger partial charge is 0.406 e. The number of Topliss-reactive ketones (excluding diaryl/α,β-unsaturated/α-hetero) is 1. The second kappa shape index (κ2) is 6.12. The molecule has 0 aliphatic carbocycles. The Balaban J connectivity index is 3.23. The Morgan fingerprint density at radius 1 is 1.10 bits per heavy atom. The molecule has 1 rings (SSSR count). The molecule has 1 aromatic rings. The van der Waals surface area contributed by atoms with E-state index in [2.05, 4.69) is 25.4 Å². The normalized spacial score (nSPS) is 13.7. The molecule has 118 valence electrons. The van der Waals surface area contributed by atoms with Gasteiger partial charge >= 0.3 is 12.7 Å². The molecule has 21 heavy (non-hydrogen) atoms. The molecule has 0 heterocycles. The zero-order valence-corrected chi connectivity index (χ0v) is 11.8. The first kappa shape index (κ1) is 17.6. The Morgan fingerprint density at radius 3 is 2.05 bits per heavy atom. The fourth-order valence-corrected chi connectivity index (χ4v) is 1.57. The first-order valence-electron chi connectivity index (χ1n) is 5.23. The largest absolute Gasteiger partial charge is 0.573 e. The van der Waals surface area contributed by atoms with Gasteiger partial charge in [-0.15, -0.1) is 26.3 Å². The van der Waals surface area contributed by atoms with Gasteiger partial charge in [0.15, 0.2) is 5.78 Å². The standard InChI is InChI=1S/C11H7BrF6O3/c1-5(12)9(19)7-4-6(20-10(13,14)15)2-3-8(7)21-11(16,17)18/h2-5H,1H3. The monoisotopic (exact) mass is 380 g/mol. The summed E-state index contributed by atoms with van der Waals surface area (Å²) in [6.07, 6.45) is -10.1. The van der Waals surface area contributed by atoms with E-state index in [4.69, 9.17) is 0 Å². The molecule has 0 aliphatic rings. The third kappa shape index (κ3) is 5.82. The first-order valence-corrected chi connectivity index (χ1v) is 6.14. The molecule has 0 bridgehead atoms. The van der Waals surface area contributed by atoms with Gasteiger partial charge in [-0.1, -0.05) is 15.9 Å². The van der Waals surface area contributed by atoms with Gasteiger partial charge in [0.25, 0.3) is 0 Å². The SMILES string of the molecule is CC(Br)C(=O)c1cc(OC(F)(F)F)ccc1OC(F)(F)F. The summed E-state index contributed by atoms with van der Waals surface area (Å²) in [4.78, 5) is 10.8. The average Bonchev–Trinajstić information content (AvgIpc) is 2.26. The topological polar surface area (TPSA) is 35.5 Å². The van der Waals surface area contributed by atoms with Gasteiger partial charge in [-0.2, -0.15) is 0 Å². The minimum absolute atomic E-state index is 0.536. The molecule has 1 unspecified atom stereocenters. The number of carbonyl (C=O) groups excluding carboxylic acids is 1. The number of carbonyl (C=O) groups is 1. The van der Waals surface area contributed by atoms with Crippen LogP contribution in [0.2, 0.25) is 0 Å². The maximum Gasteiger partial charge on any atom is 0.573 e. The maximum absolute atomic E-state index is 12.2. The summed E-state index contributed by atoms with van der Waals surface area (Å²) in [5.74, 6) is -2.62.